The minimum Gasteiger partial charge on any atom is -0.467 e. The lowest BCUT2D eigenvalue weighted by Gasteiger charge is -2.30. The highest BCUT2D eigenvalue weighted by Crippen LogP contribution is 2.32. The van der Waals surface area contributed by atoms with Crippen LogP contribution < -0.4 is 5.32 Å². The van der Waals surface area contributed by atoms with Gasteiger partial charge in [0.2, 0.25) is 5.91 Å². The number of nitrogens with zero attached hydrogens (tertiary/aromatic N) is 2. The fourth-order valence-electron chi connectivity index (χ4n) is 5.88. The van der Waals surface area contributed by atoms with E-state index in [0.717, 1.165) is 42.4 Å². The molecule has 0 aromatic heterocycles. The normalized spacial score (nSPS) is 20.9. The number of alkyl carbamates (subject to hydrolysis) is 1. The number of methoxy groups -OCH3 is 1. The molecule has 0 spiro atoms. The van der Waals surface area contributed by atoms with Crippen LogP contribution in [-0.2, 0) is 36.9 Å². The molecule has 1 saturated carbocycles. The van der Waals surface area contributed by atoms with Crippen molar-refractivity contribution in [1.29, 1.82) is 0 Å². The first-order valence-electron chi connectivity index (χ1n) is 14.0. The van der Waals surface area contributed by atoms with Crippen molar-refractivity contribution in [1.82, 2.24) is 15.1 Å². The molecule has 0 bridgehead atoms. The summed E-state index contributed by atoms with van der Waals surface area (Å²) in [5.74, 6) is -1.06. The molecule has 4 rings (SSSR count). The number of allylic oxidation sites excluding steroid dienone is 1. The molecule has 2 aliphatic heterocycles. The zero-order valence-corrected chi connectivity index (χ0v) is 23.1. The molecule has 1 aromatic carbocycles. The molecule has 10 nitrogen and oxygen atoms in total. The summed E-state index contributed by atoms with van der Waals surface area (Å²) in [6.45, 7) is 8.55. The first-order chi connectivity index (χ1) is 19.4. The van der Waals surface area contributed by atoms with E-state index in [4.69, 9.17) is 14.2 Å². The van der Waals surface area contributed by atoms with Crippen molar-refractivity contribution in [2.24, 2.45) is 5.92 Å². The molecule has 2 heterocycles. The van der Waals surface area contributed by atoms with E-state index in [1.807, 2.05) is 18.2 Å². The maximum absolute atomic E-state index is 13.9. The summed E-state index contributed by atoms with van der Waals surface area (Å²) in [5, 5.41) is 2.76. The fraction of sp³-hybridized carbons (Fsp3) is 0.533. The average molecular weight is 554 g/mol. The van der Waals surface area contributed by atoms with Gasteiger partial charge in [0.1, 0.15) is 18.2 Å². The smallest absolute Gasteiger partial charge is 0.410 e. The molecule has 3 aliphatic rings. The number of benzene rings is 1. The van der Waals surface area contributed by atoms with Gasteiger partial charge in [0.05, 0.1) is 26.8 Å². The van der Waals surface area contributed by atoms with E-state index in [0.29, 0.717) is 25.9 Å². The highest BCUT2D eigenvalue weighted by atomic mass is 16.6. The second-order valence-corrected chi connectivity index (χ2v) is 10.5. The van der Waals surface area contributed by atoms with Crippen LogP contribution in [0.25, 0.3) is 6.08 Å². The van der Waals surface area contributed by atoms with E-state index < -0.39 is 42.3 Å². The second-order valence-electron chi connectivity index (χ2n) is 10.5. The van der Waals surface area contributed by atoms with Crippen LogP contribution in [0.15, 0.2) is 37.4 Å². The molecule has 1 aromatic rings. The lowest BCUT2D eigenvalue weighted by Crippen LogP contribution is -2.54. The summed E-state index contributed by atoms with van der Waals surface area (Å²) in [4.78, 5) is 55.2. The highest BCUT2D eigenvalue weighted by Gasteiger charge is 2.46. The third-order valence-corrected chi connectivity index (χ3v) is 7.98. The molecule has 10 heteroatoms. The number of hydrogen-bond acceptors (Lipinski definition) is 7. The Bertz CT molecular complexity index is 1130. The maximum atomic E-state index is 13.9. The Kier molecular flexibility index (Phi) is 9.84. The van der Waals surface area contributed by atoms with E-state index in [-0.39, 0.29) is 25.5 Å². The van der Waals surface area contributed by atoms with Crippen LogP contribution in [0.5, 0.6) is 0 Å². The van der Waals surface area contributed by atoms with Gasteiger partial charge in [-0.2, -0.15) is 0 Å². The van der Waals surface area contributed by atoms with E-state index in [1.165, 1.54) is 12.0 Å². The minimum atomic E-state index is -0.923. The van der Waals surface area contributed by atoms with Gasteiger partial charge < -0.3 is 24.4 Å². The number of carbonyl (C=O) groups is 4. The van der Waals surface area contributed by atoms with Crippen molar-refractivity contribution >= 4 is 30.1 Å². The van der Waals surface area contributed by atoms with E-state index >= 15 is 0 Å². The molecular formula is C30H39N3O7. The average Bonchev–Trinajstić information content (AvgIpc) is 3.73. The summed E-state index contributed by atoms with van der Waals surface area (Å²) in [7, 11) is 1.26. The lowest BCUT2D eigenvalue weighted by atomic mass is 9.96. The quantitative estimate of drug-likeness (QED) is 0.200. The van der Waals surface area contributed by atoms with Crippen molar-refractivity contribution in [3.8, 4) is 0 Å². The number of unbranched alkanes of at least 4 members (excludes halogenated alkanes) is 1. The Labute approximate surface area is 235 Å². The summed E-state index contributed by atoms with van der Waals surface area (Å²) in [6, 6.07) is 4.08. The summed E-state index contributed by atoms with van der Waals surface area (Å²) in [5.41, 5.74) is 3.04. The molecule has 216 valence electrons. The van der Waals surface area contributed by atoms with Crippen molar-refractivity contribution in [3.05, 3.63) is 54.1 Å². The molecule has 1 N–H and O–H groups in total. The number of amides is 3. The Morgan fingerprint density at radius 3 is 2.62 bits per heavy atom. The Morgan fingerprint density at radius 1 is 1.15 bits per heavy atom. The molecule has 1 aliphatic carbocycles. The van der Waals surface area contributed by atoms with Gasteiger partial charge in [0.25, 0.3) is 0 Å². The van der Waals surface area contributed by atoms with E-state index in [1.54, 1.807) is 17.1 Å². The van der Waals surface area contributed by atoms with Crippen LogP contribution in [0, 0.1) is 5.92 Å². The number of fused-ring (bicyclic) bond motifs is 1. The zero-order chi connectivity index (χ0) is 28.6. The Hall–Kier alpha value is -3.82. The van der Waals surface area contributed by atoms with Gasteiger partial charge in [-0.05, 0) is 48.3 Å². The van der Waals surface area contributed by atoms with Crippen LogP contribution in [-0.4, -0.2) is 72.3 Å². The molecule has 40 heavy (non-hydrogen) atoms. The number of esters is 1. The molecule has 1 saturated heterocycles. The second kappa shape index (κ2) is 13.5. The fourth-order valence-corrected chi connectivity index (χ4v) is 5.88. The zero-order valence-electron chi connectivity index (χ0n) is 23.1. The molecule has 2 fully saturated rings. The van der Waals surface area contributed by atoms with Gasteiger partial charge >= 0.3 is 18.2 Å². The third-order valence-electron chi connectivity index (χ3n) is 7.98. The molecule has 0 radical (unpaired) electrons. The number of rotatable bonds is 10. The van der Waals surface area contributed by atoms with Crippen LogP contribution >= 0.6 is 0 Å². The van der Waals surface area contributed by atoms with E-state index in [9.17, 15) is 19.2 Å². The first kappa shape index (κ1) is 29.2. The van der Waals surface area contributed by atoms with Crippen molar-refractivity contribution < 1.29 is 33.4 Å². The van der Waals surface area contributed by atoms with Crippen molar-refractivity contribution in [2.75, 3.05) is 20.3 Å². The number of ether oxygens (including phenoxy) is 3. The molecular weight excluding hydrogens is 514 g/mol. The predicted octanol–water partition coefficient (Wildman–Crippen LogP) is 4.18. The van der Waals surface area contributed by atoms with Crippen LogP contribution in [0.3, 0.4) is 0 Å². The van der Waals surface area contributed by atoms with E-state index in [2.05, 4.69) is 18.5 Å². The predicted molar refractivity (Wildman–Crippen MR) is 148 cm³/mol. The van der Waals surface area contributed by atoms with Gasteiger partial charge in [-0.1, -0.05) is 49.8 Å². The largest absolute Gasteiger partial charge is 0.467 e. The van der Waals surface area contributed by atoms with Gasteiger partial charge in [-0.15, -0.1) is 6.58 Å². The summed E-state index contributed by atoms with van der Waals surface area (Å²) in [6.07, 6.45) is 6.58. The van der Waals surface area contributed by atoms with Crippen molar-refractivity contribution in [3.63, 3.8) is 0 Å². The third kappa shape index (κ3) is 6.66. The van der Waals surface area contributed by atoms with Crippen LogP contribution in [0.1, 0.15) is 61.6 Å². The minimum absolute atomic E-state index is 0.0301. The summed E-state index contributed by atoms with van der Waals surface area (Å²) >= 11 is 0. The topological polar surface area (TPSA) is 114 Å². The Morgan fingerprint density at radius 2 is 1.93 bits per heavy atom. The SMILES string of the molecule is C=CCCCOC(=O)N[C@H](C(=O)N1C[C@H](OC(=O)N2Cc3cccc(C=C)c3C2)C[C@H]1C(=O)OC)C1CCCC1. The standard InChI is InChI=1S/C30H39N3O7/c1-4-6-9-15-39-29(36)31-26(21-11-7-8-12-21)27(34)33-18-23(16-25(33)28(35)38-3)40-30(37)32-17-22-14-10-13-20(5-2)24(22)19-32/h4-5,10,13-14,21,23,25-26H,1-2,6-9,11-12,15-19H2,3H3,(H,31,36)/t23-,25+,26+/m1/s1. The number of hydrogen-bond donors (Lipinski definition) is 1. The Balaban J connectivity index is 1.43. The van der Waals surface area contributed by atoms with Gasteiger partial charge in [0, 0.05) is 13.0 Å². The molecule has 0 unspecified atom stereocenters. The number of carbonyl (C=O) groups excluding carboxylic acids is 4. The van der Waals surface area contributed by atoms with Gasteiger partial charge in [0.15, 0.2) is 0 Å². The van der Waals surface area contributed by atoms with Crippen LogP contribution in [0.2, 0.25) is 0 Å². The maximum Gasteiger partial charge on any atom is 0.410 e. The molecule has 3 amide bonds. The number of likely N-dealkylation sites (tertiary alicyclic amines) is 1. The summed E-state index contributed by atoms with van der Waals surface area (Å²) < 4.78 is 16.1. The monoisotopic (exact) mass is 553 g/mol. The lowest BCUT2D eigenvalue weighted by molar-refractivity contribution is -0.152. The molecule has 3 atom stereocenters. The highest BCUT2D eigenvalue weighted by molar-refractivity contribution is 5.90. The van der Waals surface area contributed by atoms with Crippen LogP contribution in [0.4, 0.5) is 9.59 Å². The first-order valence-corrected chi connectivity index (χ1v) is 14.0. The van der Waals surface area contributed by atoms with Crippen molar-refractivity contribution in [2.45, 2.75) is 76.2 Å². The van der Waals surface area contributed by atoms with Gasteiger partial charge in [-0.3, -0.25) is 9.69 Å². The number of nitrogens with one attached hydrogen (secondary N) is 1. The van der Waals surface area contributed by atoms with Gasteiger partial charge in [-0.25, -0.2) is 14.4 Å².